The summed E-state index contributed by atoms with van der Waals surface area (Å²) in [7, 11) is 0. The van der Waals surface area contributed by atoms with Crippen molar-refractivity contribution in [2.75, 3.05) is 6.61 Å². The Balaban J connectivity index is 2.48. The minimum Gasteiger partial charge on any atom is -0.384 e. The third kappa shape index (κ3) is 1.50. The van der Waals surface area contributed by atoms with Gasteiger partial charge in [-0.3, -0.25) is 5.10 Å². The summed E-state index contributed by atoms with van der Waals surface area (Å²) in [6.45, 7) is -0.148. The molecule has 0 saturated heterocycles. The van der Waals surface area contributed by atoms with Gasteiger partial charge in [0.2, 0.25) is 0 Å². The van der Waals surface area contributed by atoms with Gasteiger partial charge in [-0.05, 0) is 12.0 Å². The van der Waals surface area contributed by atoms with Crippen LogP contribution in [0.4, 0.5) is 0 Å². The lowest BCUT2D eigenvalue weighted by Gasteiger charge is -1.88. The zero-order valence-electron chi connectivity index (χ0n) is 6.78. The number of aliphatic hydroxyl groups excluding tert-OH is 1. The quantitative estimate of drug-likeness (QED) is 0.563. The van der Waals surface area contributed by atoms with E-state index in [-0.39, 0.29) is 6.61 Å². The predicted octanol–water partition coefficient (Wildman–Crippen LogP) is 0.302. The van der Waals surface area contributed by atoms with Crippen molar-refractivity contribution in [3.05, 3.63) is 24.2 Å². The van der Waals surface area contributed by atoms with Gasteiger partial charge in [0.05, 0.1) is 17.9 Å². The summed E-state index contributed by atoms with van der Waals surface area (Å²) in [6, 6.07) is 1.82. The first-order chi connectivity index (χ1) is 6.40. The van der Waals surface area contributed by atoms with Crippen molar-refractivity contribution < 1.29 is 5.11 Å². The van der Waals surface area contributed by atoms with E-state index in [4.69, 9.17) is 5.11 Å². The molecule has 2 heterocycles. The molecule has 0 aliphatic heterocycles. The number of aliphatic hydroxyl groups is 1. The number of aromatic nitrogens is 3. The highest BCUT2D eigenvalue weighted by Crippen LogP contribution is 2.08. The highest BCUT2D eigenvalue weighted by molar-refractivity contribution is 5.77. The zero-order valence-corrected chi connectivity index (χ0v) is 6.78. The molecule has 0 atom stereocenters. The van der Waals surface area contributed by atoms with E-state index in [0.717, 1.165) is 10.9 Å². The van der Waals surface area contributed by atoms with Crippen molar-refractivity contribution in [1.82, 2.24) is 15.2 Å². The summed E-state index contributed by atoms with van der Waals surface area (Å²) < 4.78 is 0. The van der Waals surface area contributed by atoms with Gasteiger partial charge in [-0.1, -0.05) is 5.92 Å². The van der Waals surface area contributed by atoms with E-state index < -0.39 is 0 Å². The van der Waals surface area contributed by atoms with Crippen LogP contribution in [0.5, 0.6) is 0 Å². The van der Waals surface area contributed by atoms with Crippen molar-refractivity contribution in [1.29, 1.82) is 0 Å². The Kier molecular flexibility index (Phi) is 1.94. The summed E-state index contributed by atoms with van der Waals surface area (Å²) in [4.78, 5) is 4.06. The second kappa shape index (κ2) is 3.25. The number of H-pyrrole nitrogens is 1. The Morgan fingerprint density at radius 1 is 1.46 bits per heavy atom. The van der Waals surface area contributed by atoms with E-state index in [9.17, 15) is 0 Å². The highest BCUT2D eigenvalue weighted by Gasteiger charge is 1.95. The molecule has 0 radical (unpaired) electrons. The summed E-state index contributed by atoms with van der Waals surface area (Å²) in [6.07, 6.45) is 3.38. The lowest BCUT2D eigenvalue weighted by atomic mass is 10.3. The van der Waals surface area contributed by atoms with Gasteiger partial charge in [0.25, 0.3) is 0 Å². The van der Waals surface area contributed by atoms with Crippen LogP contribution < -0.4 is 0 Å². The van der Waals surface area contributed by atoms with Gasteiger partial charge in [0.15, 0.2) is 0 Å². The van der Waals surface area contributed by atoms with Crippen LogP contribution in [0.3, 0.4) is 0 Å². The minimum absolute atomic E-state index is 0.148. The molecule has 0 aliphatic rings. The Morgan fingerprint density at radius 3 is 3.23 bits per heavy atom. The topological polar surface area (TPSA) is 61.8 Å². The van der Waals surface area contributed by atoms with Gasteiger partial charge in [0.1, 0.15) is 12.3 Å². The number of nitrogens with one attached hydrogen (secondary N) is 1. The van der Waals surface area contributed by atoms with E-state index in [2.05, 4.69) is 27.0 Å². The SMILES string of the molecule is OCC#Cc1cc2cn[nH]c2cn1. The van der Waals surface area contributed by atoms with Gasteiger partial charge in [-0.15, -0.1) is 0 Å². The standard InChI is InChI=1S/C9H7N3O/c13-3-1-2-8-4-7-5-11-12-9(7)6-10-8/h4-6,13H,3H2,(H,11,12). The average Bonchev–Trinajstić information content (AvgIpc) is 2.61. The fraction of sp³-hybridized carbons (Fsp3) is 0.111. The highest BCUT2D eigenvalue weighted by atomic mass is 16.2. The van der Waals surface area contributed by atoms with Crippen molar-refractivity contribution in [3.63, 3.8) is 0 Å². The fourth-order valence-electron chi connectivity index (χ4n) is 1.04. The first-order valence-electron chi connectivity index (χ1n) is 3.79. The van der Waals surface area contributed by atoms with E-state index in [0.29, 0.717) is 5.69 Å². The van der Waals surface area contributed by atoms with Crippen LogP contribution in [0, 0.1) is 11.8 Å². The Morgan fingerprint density at radius 2 is 2.38 bits per heavy atom. The van der Waals surface area contributed by atoms with Crippen LogP contribution in [0.15, 0.2) is 18.5 Å². The second-order valence-corrected chi connectivity index (χ2v) is 2.49. The average molecular weight is 173 g/mol. The fourth-order valence-corrected chi connectivity index (χ4v) is 1.04. The van der Waals surface area contributed by atoms with Gasteiger partial charge in [-0.25, -0.2) is 4.98 Å². The minimum atomic E-state index is -0.148. The summed E-state index contributed by atoms with van der Waals surface area (Å²) in [5.74, 6) is 5.26. The molecule has 0 aromatic carbocycles. The molecule has 2 N–H and O–H groups in total. The van der Waals surface area contributed by atoms with Crippen LogP contribution >= 0.6 is 0 Å². The van der Waals surface area contributed by atoms with Gasteiger partial charge in [0, 0.05) is 5.39 Å². The molecular formula is C9H7N3O. The Hall–Kier alpha value is -1.86. The van der Waals surface area contributed by atoms with Crippen LogP contribution in [0.25, 0.3) is 10.9 Å². The maximum absolute atomic E-state index is 8.48. The first-order valence-corrected chi connectivity index (χ1v) is 3.79. The van der Waals surface area contributed by atoms with E-state index in [1.54, 1.807) is 12.4 Å². The van der Waals surface area contributed by atoms with Gasteiger partial charge >= 0.3 is 0 Å². The molecule has 0 unspecified atom stereocenters. The maximum atomic E-state index is 8.48. The summed E-state index contributed by atoms with van der Waals surface area (Å²) in [5.41, 5.74) is 1.53. The van der Waals surface area contributed by atoms with Crippen LogP contribution in [0.1, 0.15) is 5.69 Å². The first kappa shape index (κ1) is 7.77. The molecule has 13 heavy (non-hydrogen) atoms. The molecule has 0 saturated carbocycles. The van der Waals surface area contributed by atoms with Crippen molar-refractivity contribution in [2.24, 2.45) is 0 Å². The molecule has 2 aromatic heterocycles. The molecule has 64 valence electrons. The van der Waals surface area contributed by atoms with Crippen molar-refractivity contribution >= 4 is 10.9 Å². The monoisotopic (exact) mass is 173 g/mol. The number of rotatable bonds is 0. The molecule has 2 rings (SSSR count). The third-order valence-corrected chi connectivity index (χ3v) is 1.62. The number of aromatic amines is 1. The summed E-state index contributed by atoms with van der Waals surface area (Å²) in [5, 5.41) is 16.1. The predicted molar refractivity (Wildman–Crippen MR) is 47.9 cm³/mol. The molecule has 0 amide bonds. The zero-order chi connectivity index (χ0) is 9.10. The maximum Gasteiger partial charge on any atom is 0.114 e. The number of nitrogens with zero attached hydrogens (tertiary/aromatic N) is 2. The molecule has 2 aromatic rings. The Labute approximate surface area is 74.6 Å². The molecule has 0 spiro atoms. The lowest BCUT2D eigenvalue weighted by Crippen LogP contribution is -1.82. The lowest BCUT2D eigenvalue weighted by molar-refractivity contribution is 0.350. The second-order valence-electron chi connectivity index (χ2n) is 2.49. The van der Waals surface area contributed by atoms with Crippen molar-refractivity contribution in [2.45, 2.75) is 0 Å². The van der Waals surface area contributed by atoms with Crippen LogP contribution in [-0.2, 0) is 0 Å². The molecule has 4 nitrogen and oxygen atoms in total. The molecular weight excluding hydrogens is 166 g/mol. The smallest absolute Gasteiger partial charge is 0.114 e. The number of hydrogen-bond acceptors (Lipinski definition) is 3. The van der Waals surface area contributed by atoms with E-state index >= 15 is 0 Å². The number of fused-ring (bicyclic) bond motifs is 1. The third-order valence-electron chi connectivity index (χ3n) is 1.62. The summed E-state index contributed by atoms with van der Waals surface area (Å²) >= 11 is 0. The van der Waals surface area contributed by atoms with E-state index in [1.165, 1.54) is 0 Å². The normalized spacial score (nSPS) is 9.62. The van der Waals surface area contributed by atoms with Gasteiger partial charge in [-0.2, -0.15) is 5.10 Å². The number of hydrogen-bond donors (Lipinski definition) is 2. The van der Waals surface area contributed by atoms with Crippen molar-refractivity contribution in [3.8, 4) is 11.8 Å². The molecule has 4 heteroatoms. The van der Waals surface area contributed by atoms with Crippen LogP contribution in [-0.4, -0.2) is 26.9 Å². The molecule has 0 fully saturated rings. The van der Waals surface area contributed by atoms with Crippen LogP contribution in [0.2, 0.25) is 0 Å². The Bertz CT molecular complexity index is 478. The van der Waals surface area contributed by atoms with Gasteiger partial charge < -0.3 is 5.11 Å². The molecule has 0 aliphatic carbocycles. The largest absolute Gasteiger partial charge is 0.384 e. The number of pyridine rings is 1. The molecule has 0 bridgehead atoms. The van der Waals surface area contributed by atoms with E-state index in [1.807, 2.05) is 6.07 Å².